The molecule has 1 N–H and O–H groups in total. The number of amides is 1. The highest BCUT2D eigenvalue weighted by molar-refractivity contribution is 5.82. The normalized spacial score (nSPS) is 27.5. The first-order valence-electron chi connectivity index (χ1n) is 12.7. The van der Waals surface area contributed by atoms with E-state index in [9.17, 15) is 4.79 Å². The second kappa shape index (κ2) is 12.0. The predicted octanol–water partition coefficient (Wildman–Crippen LogP) is 1.95. The van der Waals surface area contributed by atoms with Gasteiger partial charge in [-0.25, -0.2) is 0 Å². The number of carbonyl (C=O) groups excluding carboxylic acids is 1. The summed E-state index contributed by atoms with van der Waals surface area (Å²) in [6.45, 7) is 17.2. The van der Waals surface area contributed by atoms with Crippen LogP contribution in [0, 0.1) is 11.8 Å². The molecule has 0 aromatic heterocycles. The van der Waals surface area contributed by atoms with Crippen LogP contribution in [0.25, 0.3) is 0 Å². The van der Waals surface area contributed by atoms with E-state index in [1.165, 1.54) is 38.9 Å². The van der Waals surface area contributed by atoms with Gasteiger partial charge in [0, 0.05) is 66.0 Å². The maximum atomic E-state index is 12.7. The van der Waals surface area contributed by atoms with Gasteiger partial charge in [0.1, 0.15) is 0 Å². The van der Waals surface area contributed by atoms with E-state index in [4.69, 9.17) is 0 Å². The first-order chi connectivity index (χ1) is 15.0. The van der Waals surface area contributed by atoms with E-state index in [0.29, 0.717) is 5.91 Å². The monoisotopic (exact) mass is 434 g/mol. The lowest BCUT2D eigenvalue weighted by atomic mass is 9.92. The van der Waals surface area contributed by atoms with E-state index < -0.39 is 0 Å². The SMILES string of the molecule is CN=C(NCCCCN1CC(C)CC(C)C1)N1CCN(C(C)C(=O)N2CCCC2)CC1. The largest absolute Gasteiger partial charge is 0.356 e. The minimum atomic E-state index is -0.00421. The van der Waals surface area contributed by atoms with Gasteiger partial charge in [0.25, 0.3) is 0 Å². The van der Waals surface area contributed by atoms with Crippen LogP contribution in [0.2, 0.25) is 0 Å². The third kappa shape index (κ3) is 7.07. The van der Waals surface area contributed by atoms with Crippen LogP contribution in [0.3, 0.4) is 0 Å². The first-order valence-corrected chi connectivity index (χ1v) is 12.7. The maximum absolute atomic E-state index is 12.7. The van der Waals surface area contributed by atoms with Crippen molar-refractivity contribution in [2.24, 2.45) is 16.8 Å². The topological polar surface area (TPSA) is 54.4 Å². The van der Waals surface area contributed by atoms with Gasteiger partial charge in [-0.05, 0) is 57.4 Å². The summed E-state index contributed by atoms with van der Waals surface area (Å²) in [5.41, 5.74) is 0. The minimum absolute atomic E-state index is 0.00421. The van der Waals surface area contributed by atoms with Gasteiger partial charge in [-0.3, -0.25) is 14.7 Å². The summed E-state index contributed by atoms with van der Waals surface area (Å²) in [6.07, 6.45) is 6.12. The second-order valence-electron chi connectivity index (χ2n) is 10.1. The molecule has 0 aromatic rings. The lowest BCUT2D eigenvalue weighted by molar-refractivity contribution is -0.135. The second-order valence-corrected chi connectivity index (χ2v) is 10.1. The molecule has 3 fully saturated rings. The first kappa shape index (κ1) is 24.3. The number of piperidine rings is 1. The molecular formula is C24H46N6O. The molecule has 7 heteroatoms. The van der Waals surface area contributed by atoms with E-state index >= 15 is 0 Å². The summed E-state index contributed by atoms with van der Waals surface area (Å²) in [5, 5.41) is 3.57. The number of guanidine groups is 1. The standard InChI is InChI=1S/C24H46N6O/c1-20-17-21(2)19-27(18-20)10-6-5-9-26-24(25-4)30-15-13-28(14-16-30)22(3)23(31)29-11-7-8-12-29/h20-22H,5-19H2,1-4H3,(H,25,26). The lowest BCUT2D eigenvalue weighted by Crippen LogP contribution is -2.57. The van der Waals surface area contributed by atoms with Gasteiger partial charge in [-0.15, -0.1) is 0 Å². The van der Waals surface area contributed by atoms with Crippen molar-refractivity contribution in [3.05, 3.63) is 0 Å². The number of hydrogen-bond donors (Lipinski definition) is 1. The molecule has 0 bridgehead atoms. The Morgan fingerprint density at radius 3 is 2.23 bits per heavy atom. The van der Waals surface area contributed by atoms with Crippen LogP contribution in [-0.4, -0.2) is 110 Å². The third-order valence-electron chi connectivity index (χ3n) is 7.28. The van der Waals surface area contributed by atoms with Gasteiger partial charge in [0.15, 0.2) is 5.96 Å². The van der Waals surface area contributed by atoms with E-state index in [0.717, 1.165) is 76.5 Å². The summed E-state index contributed by atoms with van der Waals surface area (Å²) >= 11 is 0. The van der Waals surface area contributed by atoms with Crippen molar-refractivity contribution in [1.29, 1.82) is 0 Å². The Kier molecular flexibility index (Phi) is 9.45. The van der Waals surface area contributed by atoms with Gasteiger partial charge in [0.2, 0.25) is 5.91 Å². The van der Waals surface area contributed by atoms with Crippen molar-refractivity contribution in [3.8, 4) is 0 Å². The average molecular weight is 435 g/mol. The molecule has 3 saturated heterocycles. The van der Waals surface area contributed by atoms with E-state index in [1.807, 2.05) is 11.9 Å². The maximum Gasteiger partial charge on any atom is 0.239 e. The Morgan fingerprint density at radius 1 is 0.968 bits per heavy atom. The number of nitrogens with one attached hydrogen (secondary N) is 1. The fourth-order valence-electron chi connectivity index (χ4n) is 5.65. The van der Waals surface area contributed by atoms with Crippen molar-refractivity contribution in [3.63, 3.8) is 0 Å². The van der Waals surface area contributed by atoms with Crippen LogP contribution in [0.5, 0.6) is 0 Å². The number of unbranched alkanes of at least 4 members (excludes halogenated alkanes) is 1. The van der Waals surface area contributed by atoms with E-state index in [1.54, 1.807) is 0 Å². The average Bonchev–Trinajstić information content (AvgIpc) is 3.30. The van der Waals surface area contributed by atoms with Crippen LogP contribution in [-0.2, 0) is 4.79 Å². The summed E-state index contributed by atoms with van der Waals surface area (Å²) in [7, 11) is 1.88. The summed E-state index contributed by atoms with van der Waals surface area (Å²) in [4.78, 5) is 26.6. The number of aliphatic imine (C=N–C) groups is 1. The zero-order valence-electron chi connectivity index (χ0n) is 20.5. The fourth-order valence-corrected chi connectivity index (χ4v) is 5.65. The molecular weight excluding hydrogens is 388 g/mol. The van der Waals surface area contributed by atoms with Crippen LogP contribution < -0.4 is 5.32 Å². The molecule has 7 nitrogen and oxygen atoms in total. The molecule has 0 saturated carbocycles. The van der Waals surface area contributed by atoms with Crippen molar-refractivity contribution in [2.75, 3.05) is 72.5 Å². The Morgan fingerprint density at radius 2 is 1.61 bits per heavy atom. The van der Waals surface area contributed by atoms with Crippen molar-refractivity contribution >= 4 is 11.9 Å². The van der Waals surface area contributed by atoms with Crippen molar-refractivity contribution < 1.29 is 4.79 Å². The molecule has 3 atom stereocenters. The van der Waals surface area contributed by atoms with Gasteiger partial charge in [-0.2, -0.15) is 0 Å². The molecule has 3 unspecified atom stereocenters. The molecule has 178 valence electrons. The zero-order valence-corrected chi connectivity index (χ0v) is 20.5. The molecule has 3 rings (SSSR count). The Labute approximate surface area is 190 Å². The summed E-state index contributed by atoms with van der Waals surface area (Å²) < 4.78 is 0. The highest BCUT2D eigenvalue weighted by atomic mass is 16.2. The molecule has 0 spiro atoms. The number of piperazine rings is 1. The quantitative estimate of drug-likeness (QED) is 0.377. The highest BCUT2D eigenvalue weighted by Gasteiger charge is 2.30. The van der Waals surface area contributed by atoms with Crippen LogP contribution in [0.1, 0.15) is 52.9 Å². The highest BCUT2D eigenvalue weighted by Crippen LogP contribution is 2.21. The molecule has 1 amide bonds. The van der Waals surface area contributed by atoms with E-state index in [2.05, 4.69) is 45.8 Å². The predicted molar refractivity (Wildman–Crippen MR) is 128 cm³/mol. The van der Waals surface area contributed by atoms with Gasteiger partial charge >= 0.3 is 0 Å². The van der Waals surface area contributed by atoms with Gasteiger partial charge in [0.05, 0.1) is 6.04 Å². The van der Waals surface area contributed by atoms with Crippen molar-refractivity contribution in [2.45, 2.75) is 58.9 Å². The van der Waals surface area contributed by atoms with Crippen LogP contribution >= 0.6 is 0 Å². The Bertz CT molecular complexity index is 573. The molecule has 3 heterocycles. The third-order valence-corrected chi connectivity index (χ3v) is 7.28. The fraction of sp³-hybridized carbons (Fsp3) is 0.917. The number of carbonyl (C=O) groups is 1. The van der Waals surface area contributed by atoms with Crippen LogP contribution in [0.4, 0.5) is 0 Å². The molecule has 3 aliphatic heterocycles. The molecule has 3 aliphatic rings. The molecule has 0 radical (unpaired) electrons. The Hall–Kier alpha value is -1.34. The van der Waals surface area contributed by atoms with Gasteiger partial charge in [-0.1, -0.05) is 13.8 Å². The minimum Gasteiger partial charge on any atom is -0.356 e. The molecule has 0 aromatic carbocycles. The Balaban J connectivity index is 1.32. The molecule has 0 aliphatic carbocycles. The number of nitrogens with zero attached hydrogens (tertiary/aromatic N) is 5. The smallest absolute Gasteiger partial charge is 0.239 e. The van der Waals surface area contributed by atoms with Crippen molar-refractivity contribution in [1.82, 2.24) is 24.9 Å². The van der Waals surface area contributed by atoms with E-state index in [-0.39, 0.29) is 6.04 Å². The zero-order chi connectivity index (χ0) is 22.2. The lowest BCUT2D eigenvalue weighted by Gasteiger charge is -2.39. The van der Waals surface area contributed by atoms with Crippen LogP contribution in [0.15, 0.2) is 4.99 Å². The van der Waals surface area contributed by atoms with Gasteiger partial charge < -0.3 is 20.0 Å². The summed E-state index contributed by atoms with van der Waals surface area (Å²) in [6, 6.07) is -0.00421. The number of likely N-dealkylation sites (tertiary alicyclic amines) is 2. The molecule has 31 heavy (non-hydrogen) atoms. The summed E-state index contributed by atoms with van der Waals surface area (Å²) in [5.74, 6) is 3.00. The number of rotatable bonds is 7. The number of hydrogen-bond acceptors (Lipinski definition) is 4.